The van der Waals surface area contributed by atoms with Crippen molar-refractivity contribution in [3.63, 3.8) is 0 Å². The molecular formula is C16H13ClF3NO4. The highest BCUT2D eigenvalue weighted by molar-refractivity contribution is 6.31. The summed E-state index contributed by atoms with van der Waals surface area (Å²) in [5.74, 6) is -3.08. The maximum absolute atomic E-state index is 14.5. The topological polar surface area (TPSA) is 66.8 Å². The lowest BCUT2D eigenvalue weighted by Gasteiger charge is -2.32. The van der Waals surface area contributed by atoms with Gasteiger partial charge in [-0.2, -0.15) is 8.78 Å². The lowest BCUT2D eigenvalue weighted by Crippen LogP contribution is -2.46. The predicted octanol–water partition coefficient (Wildman–Crippen LogP) is 3.31. The van der Waals surface area contributed by atoms with Crippen LogP contribution >= 0.6 is 11.6 Å². The molecule has 2 atom stereocenters. The van der Waals surface area contributed by atoms with Gasteiger partial charge >= 0.3 is 12.6 Å². The van der Waals surface area contributed by atoms with Crippen molar-refractivity contribution in [1.82, 2.24) is 4.90 Å². The predicted molar refractivity (Wildman–Crippen MR) is 81.9 cm³/mol. The number of hydrogen-bond acceptors (Lipinski definition) is 3. The molecule has 0 bridgehead atoms. The van der Waals surface area contributed by atoms with Gasteiger partial charge in [-0.1, -0.05) is 11.6 Å². The van der Waals surface area contributed by atoms with E-state index in [-0.39, 0.29) is 29.0 Å². The van der Waals surface area contributed by atoms with Gasteiger partial charge in [0.25, 0.3) is 0 Å². The SMILES string of the molecule is O=C(O)[C@@H]1CCC2CC(c3c(OC(F)F)ccc(Cl)c3F)=CC(=O)N21. The zero-order valence-corrected chi connectivity index (χ0v) is 13.5. The molecule has 0 aromatic heterocycles. The minimum absolute atomic E-state index is 0.131. The summed E-state index contributed by atoms with van der Waals surface area (Å²) in [5.41, 5.74) is -0.132. The van der Waals surface area contributed by atoms with Gasteiger partial charge < -0.3 is 14.7 Å². The number of carboxylic acid groups (broad SMARTS) is 1. The van der Waals surface area contributed by atoms with Crippen molar-refractivity contribution in [2.45, 2.75) is 38.0 Å². The van der Waals surface area contributed by atoms with Crippen LogP contribution in [0.2, 0.25) is 5.02 Å². The van der Waals surface area contributed by atoms with Gasteiger partial charge in [-0.15, -0.1) is 0 Å². The standard InChI is InChI=1S/C16H13ClF3NO4/c17-9-2-4-11(25-16(19)20)13(14(9)18)7-5-8-1-3-10(15(23)24)21(8)12(22)6-7/h2,4,6,8,10,16H,1,3,5H2,(H,23,24)/t8?,10-/m0/s1. The third kappa shape index (κ3) is 3.18. The third-order valence-corrected chi connectivity index (χ3v) is 4.68. The van der Waals surface area contributed by atoms with Gasteiger partial charge in [0.05, 0.1) is 10.6 Å². The van der Waals surface area contributed by atoms with E-state index in [1.807, 2.05) is 0 Å². The molecule has 1 saturated heterocycles. The summed E-state index contributed by atoms with van der Waals surface area (Å²) in [6, 6.07) is 0.827. The first-order valence-corrected chi connectivity index (χ1v) is 7.86. The van der Waals surface area contributed by atoms with Gasteiger partial charge in [0, 0.05) is 12.1 Å². The van der Waals surface area contributed by atoms with Crippen LogP contribution in [0.3, 0.4) is 0 Å². The Hall–Kier alpha value is -2.22. The van der Waals surface area contributed by atoms with Crippen molar-refractivity contribution >= 4 is 29.1 Å². The Balaban J connectivity index is 2.02. The number of rotatable bonds is 4. The number of carbonyl (C=O) groups is 2. The summed E-state index contributed by atoms with van der Waals surface area (Å²) >= 11 is 5.74. The molecule has 2 aliphatic rings. The number of carbonyl (C=O) groups excluding carboxylic acids is 1. The molecule has 1 aromatic carbocycles. The molecule has 9 heteroatoms. The van der Waals surface area contributed by atoms with E-state index in [9.17, 15) is 27.9 Å². The molecule has 0 saturated carbocycles. The first kappa shape index (κ1) is 17.6. The maximum atomic E-state index is 14.5. The van der Waals surface area contributed by atoms with Gasteiger partial charge in [0.1, 0.15) is 11.8 Å². The molecule has 2 aliphatic heterocycles. The van der Waals surface area contributed by atoms with Gasteiger partial charge in [-0.3, -0.25) is 4.79 Å². The zero-order chi connectivity index (χ0) is 18.3. The van der Waals surface area contributed by atoms with E-state index in [1.165, 1.54) is 4.90 Å². The number of ether oxygens (including phenoxy) is 1. The highest BCUT2D eigenvalue weighted by Crippen LogP contribution is 2.41. The van der Waals surface area contributed by atoms with E-state index in [2.05, 4.69) is 4.74 Å². The Kier molecular flexibility index (Phi) is 4.64. The highest BCUT2D eigenvalue weighted by Gasteiger charge is 2.43. The van der Waals surface area contributed by atoms with Crippen LogP contribution in [0.25, 0.3) is 5.57 Å². The Labute approximate surface area is 145 Å². The first-order chi connectivity index (χ1) is 11.8. The van der Waals surface area contributed by atoms with Crippen LogP contribution in [-0.2, 0) is 9.59 Å². The molecule has 0 spiro atoms. The summed E-state index contributed by atoms with van der Waals surface area (Å²) in [6.45, 7) is -3.17. The van der Waals surface area contributed by atoms with E-state index in [0.717, 1.165) is 18.2 Å². The van der Waals surface area contributed by atoms with E-state index in [4.69, 9.17) is 11.6 Å². The van der Waals surface area contributed by atoms with Crippen molar-refractivity contribution in [3.8, 4) is 5.75 Å². The lowest BCUT2D eigenvalue weighted by molar-refractivity contribution is -0.148. The molecule has 0 aliphatic carbocycles. The fourth-order valence-electron chi connectivity index (χ4n) is 3.40. The fourth-order valence-corrected chi connectivity index (χ4v) is 3.55. The number of hydrogen-bond donors (Lipinski definition) is 1. The average molecular weight is 376 g/mol. The number of benzene rings is 1. The van der Waals surface area contributed by atoms with Crippen LogP contribution in [0.5, 0.6) is 5.75 Å². The summed E-state index contributed by atoms with van der Waals surface area (Å²) < 4.78 is 44.0. The number of alkyl halides is 2. The number of amides is 1. The van der Waals surface area contributed by atoms with Gasteiger partial charge in [-0.05, 0) is 37.0 Å². The second-order valence-electron chi connectivity index (χ2n) is 5.82. The number of carboxylic acids is 1. The summed E-state index contributed by atoms with van der Waals surface area (Å²) in [6.07, 6.45) is 1.90. The first-order valence-electron chi connectivity index (χ1n) is 7.48. The largest absolute Gasteiger partial charge is 0.480 e. The molecule has 1 aromatic rings. The lowest BCUT2D eigenvalue weighted by atomic mass is 9.93. The van der Waals surface area contributed by atoms with Crippen LogP contribution in [0.15, 0.2) is 18.2 Å². The van der Waals surface area contributed by atoms with Gasteiger partial charge in [0.15, 0.2) is 5.82 Å². The molecule has 0 radical (unpaired) electrons. The molecule has 3 rings (SSSR count). The second-order valence-corrected chi connectivity index (χ2v) is 6.22. The number of aliphatic carboxylic acids is 1. The van der Waals surface area contributed by atoms with E-state index in [1.54, 1.807) is 0 Å². The molecule has 1 N–H and O–H groups in total. The number of halogens is 4. The normalized spacial score (nSPS) is 22.8. The molecule has 5 nitrogen and oxygen atoms in total. The number of fused-ring (bicyclic) bond motifs is 1. The summed E-state index contributed by atoms with van der Waals surface area (Å²) in [5, 5.41) is 8.89. The van der Waals surface area contributed by atoms with Gasteiger partial charge in [0.2, 0.25) is 5.91 Å². The highest BCUT2D eigenvalue weighted by atomic mass is 35.5. The summed E-state index contributed by atoms with van der Waals surface area (Å²) in [4.78, 5) is 24.8. The van der Waals surface area contributed by atoms with Crippen LogP contribution in [0.4, 0.5) is 13.2 Å². The Bertz CT molecular complexity index is 768. The second kappa shape index (κ2) is 6.59. The van der Waals surface area contributed by atoms with Crippen molar-refractivity contribution in [2.75, 3.05) is 0 Å². The minimum atomic E-state index is -3.17. The average Bonchev–Trinajstić information content (AvgIpc) is 2.95. The van der Waals surface area contributed by atoms with Crippen molar-refractivity contribution < 1.29 is 32.6 Å². The van der Waals surface area contributed by atoms with Gasteiger partial charge in [-0.25, -0.2) is 9.18 Å². The molecule has 1 unspecified atom stereocenters. The monoisotopic (exact) mass is 375 g/mol. The number of nitrogens with zero attached hydrogens (tertiary/aromatic N) is 1. The van der Waals surface area contributed by atoms with Crippen molar-refractivity contribution in [3.05, 3.63) is 34.6 Å². The Morgan fingerprint density at radius 3 is 2.72 bits per heavy atom. The quantitative estimate of drug-likeness (QED) is 0.876. The third-order valence-electron chi connectivity index (χ3n) is 4.39. The van der Waals surface area contributed by atoms with Crippen molar-refractivity contribution in [2.24, 2.45) is 0 Å². The molecular weight excluding hydrogens is 363 g/mol. The molecule has 1 amide bonds. The van der Waals surface area contributed by atoms with Crippen molar-refractivity contribution in [1.29, 1.82) is 0 Å². The van der Waals surface area contributed by atoms with E-state index >= 15 is 0 Å². The van der Waals surface area contributed by atoms with Crippen LogP contribution in [0.1, 0.15) is 24.8 Å². The molecule has 1 fully saturated rings. The van der Waals surface area contributed by atoms with Crippen LogP contribution in [-0.4, -0.2) is 40.6 Å². The molecule has 25 heavy (non-hydrogen) atoms. The maximum Gasteiger partial charge on any atom is 0.387 e. The van der Waals surface area contributed by atoms with Crippen LogP contribution < -0.4 is 4.74 Å². The minimum Gasteiger partial charge on any atom is -0.480 e. The Morgan fingerprint density at radius 2 is 2.08 bits per heavy atom. The van der Waals surface area contributed by atoms with Crippen LogP contribution in [0, 0.1) is 5.82 Å². The molecule has 2 heterocycles. The van der Waals surface area contributed by atoms with E-state index < -0.39 is 42.1 Å². The van der Waals surface area contributed by atoms with E-state index in [0.29, 0.717) is 6.42 Å². The zero-order valence-electron chi connectivity index (χ0n) is 12.7. The molecule has 134 valence electrons. The summed E-state index contributed by atoms with van der Waals surface area (Å²) in [7, 11) is 0. The fraction of sp³-hybridized carbons (Fsp3) is 0.375. The smallest absolute Gasteiger partial charge is 0.387 e. The Morgan fingerprint density at radius 1 is 1.36 bits per heavy atom.